The molecule has 2 rings (SSSR count). The van der Waals surface area contributed by atoms with E-state index in [9.17, 15) is 0 Å². The van der Waals surface area contributed by atoms with E-state index in [-0.39, 0.29) is 0 Å². The van der Waals surface area contributed by atoms with Crippen LogP contribution in [0.25, 0.3) is 0 Å². The number of para-hydroxylation sites is 2. The second-order valence-electron chi connectivity index (χ2n) is 4.41. The third-order valence-electron chi connectivity index (χ3n) is 2.92. The fraction of sp³-hybridized carbons (Fsp3) is 0.250. The van der Waals surface area contributed by atoms with E-state index in [0.717, 1.165) is 11.5 Å². The highest BCUT2D eigenvalue weighted by molar-refractivity contribution is 14.1. The third kappa shape index (κ3) is 3.84. The molecule has 100 valence electrons. The Labute approximate surface area is 142 Å². The Morgan fingerprint density at radius 2 is 1.11 bits per heavy atom. The van der Waals surface area contributed by atoms with Crippen molar-refractivity contribution in [3.63, 3.8) is 0 Å². The van der Waals surface area contributed by atoms with E-state index >= 15 is 0 Å². The van der Waals surface area contributed by atoms with Crippen LogP contribution in [0.3, 0.4) is 0 Å². The molecule has 0 aliphatic heterocycles. The van der Waals surface area contributed by atoms with Crippen LogP contribution in [-0.2, 0) is 0 Å². The van der Waals surface area contributed by atoms with Crippen LogP contribution in [0.1, 0.15) is 32.8 Å². The third-order valence-corrected chi connectivity index (χ3v) is 4.26. The lowest BCUT2D eigenvalue weighted by Gasteiger charge is -2.16. The molecule has 0 spiro atoms. The van der Waals surface area contributed by atoms with Gasteiger partial charge in [0.25, 0.3) is 0 Å². The molecule has 0 N–H and O–H groups in total. The smallest absolute Gasteiger partial charge is 0.131 e. The quantitative estimate of drug-likeness (QED) is 0.362. The first-order chi connectivity index (χ1) is 9.09. The monoisotopic (exact) mass is 478 g/mol. The van der Waals surface area contributed by atoms with Gasteiger partial charge in [0.1, 0.15) is 11.5 Å². The maximum absolute atomic E-state index is 6.15. The van der Waals surface area contributed by atoms with E-state index in [2.05, 4.69) is 83.3 Å². The molecule has 0 aromatic heterocycles. The summed E-state index contributed by atoms with van der Waals surface area (Å²) in [6.45, 7) is 4.35. The summed E-state index contributed by atoms with van der Waals surface area (Å²) in [5.41, 5.74) is 2.47. The fourth-order valence-electron chi connectivity index (χ4n) is 1.92. The number of hydrogen-bond acceptors (Lipinski definition) is 1. The standard InChI is InChI=1S/C16H16I2O/c1-11(17)13-7-3-5-9-15(13)19-16-10-6-4-8-14(16)12(2)18/h3-12H,1-2H3. The number of rotatable bonds is 4. The first-order valence-electron chi connectivity index (χ1n) is 6.23. The van der Waals surface area contributed by atoms with Gasteiger partial charge in [0.05, 0.1) is 0 Å². The molecule has 2 unspecified atom stereocenters. The lowest BCUT2D eigenvalue weighted by molar-refractivity contribution is 0.471. The van der Waals surface area contributed by atoms with Crippen molar-refractivity contribution in [3.05, 3.63) is 59.7 Å². The molecule has 0 fully saturated rings. The van der Waals surface area contributed by atoms with E-state index in [1.54, 1.807) is 0 Å². The van der Waals surface area contributed by atoms with Gasteiger partial charge in [0.15, 0.2) is 0 Å². The van der Waals surface area contributed by atoms with Crippen molar-refractivity contribution in [2.24, 2.45) is 0 Å². The molecule has 0 amide bonds. The van der Waals surface area contributed by atoms with Gasteiger partial charge < -0.3 is 4.74 Å². The summed E-state index contributed by atoms with van der Waals surface area (Å²) in [6.07, 6.45) is 0. The van der Waals surface area contributed by atoms with E-state index in [1.807, 2.05) is 24.3 Å². The summed E-state index contributed by atoms with van der Waals surface area (Å²) in [5, 5.41) is 0. The molecule has 3 heteroatoms. The molecular formula is C16H16I2O. The largest absolute Gasteiger partial charge is 0.457 e. The molecule has 1 nitrogen and oxygen atoms in total. The van der Waals surface area contributed by atoms with Crippen LogP contribution in [-0.4, -0.2) is 0 Å². The van der Waals surface area contributed by atoms with Gasteiger partial charge in [-0.3, -0.25) is 0 Å². The highest BCUT2D eigenvalue weighted by atomic mass is 127. The Kier molecular flexibility index (Phi) is 5.50. The van der Waals surface area contributed by atoms with Gasteiger partial charge >= 0.3 is 0 Å². The lowest BCUT2D eigenvalue weighted by Crippen LogP contribution is -1.95. The van der Waals surface area contributed by atoms with Gasteiger partial charge in [0.2, 0.25) is 0 Å². The molecule has 0 radical (unpaired) electrons. The Bertz CT molecular complexity index is 500. The van der Waals surface area contributed by atoms with Gasteiger partial charge in [-0.1, -0.05) is 81.6 Å². The highest BCUT2D eigenvalue weighted by Gasteiger charge is 2.12. The fourth-order valence-corrected chi connectivity index (χ4v) is 2.95. The van der Waals surface area contributed by atoms with Gasteiger partial charge in [-0.15, -0.1) is 0 Å². The van der Waals surface area contributed by atoms with E-state index < -0.39 is 0 Å². The summed E-state index contributed by atoms with van der Waals surface area (Å²) < 4.78 is 7.01. The van der Waals surface area contributed by atoms with Gasteiger partial charge in [0, 0.05) is 19.0 Å². The maximum atomic E-state index is 6.15. The lowest BCUT2D eigenvalue weighted by atomic mass is 10.1. The van der Waals surface area contributed by atoms with Crippen LogP contribution in [0.5, 0.6) is 11.5 Å². The number of halogens is 2. The van der Waals surface area contributed by atoms with Crippen LogP contribution < -0.4 is 4.74 Å². The van der Waals surface area contributed by atoms with Gasteiger partial charge in [-0.05, 0) is 26.0 Å². The van der Waals surface area contributed by atoms with Crippen LogP contribution in [0.4, 0.5) is 0 Å². The second kappa shape index (κ2) is 6.92. The minimum absolute atomic E-state index is 0.429. The minimum atomic E-state index is 0.429. The molecule has 19 heavy (non-hydrogen) atoms. The summed E-state index contributed by atoms with van der Waals surface area (Å²) in [4.78, 5) is 0. The van der Waals surface area contributed by atoms with Crippen molar-refractivity contribution in [2.75, 3.05) is 0 Å². The Morgan fingerprint density at radius 3 is 1.47 bits per heavy atom. The Balaban J connectivity index is 2.37. The molecule has 0 saturated heterocycles. The highest BCUT2D eigenvalue weighted by Crippen LogP contribution is 2.37. The van der Waals surface area contributed by atoms with Crippen molar-refractivity contribution < 1.29 is 4.74 Å². The average Bonchev–Trinajstić information content (AvgIpc) is 2.39. The summed E-state index contributed by atoms with van der Waals surface area (Å²) in [6, 6.07) is 16.5. The van der Waals surface area contributed by atoms with Crippen LogP contribution in [0.2, 0.25) is 0 Å². The second-order valence-corrected chi connectivity index (χ2v) is 8.15. The molecule has 2 atom stereocenters. The number of ether oxygens (including phenoxy) is 1. The average molecular weight is 478 g/mol. The molecule has 0 heterocycles. The van der Waals surface area contributed by atoms with E-state index in [1.165, 1.54) is 11.1 Å². The van der Waals surface area contributed by atoms with Crippen LogP contribution >= 0.6 is 45.2 Å². The van der Waals surface area contributed by atoms with Gasteiger partial charge in [-0.25, -0.2) is 0 Å². The molecule has 0 saturated carbocycles. The Morgan fingerprint density at radius 1 is 0.737 bits per heavy atom. The number of hydrogen-bond donors (Lipinski definition) is 0. The molecule has 0 aliphatic rings. The summed E-state index contributed by atoms with van der Waals surface area (Å²) in [7, 11) is 0. The maximum Gasteiger partial charge on any atom is 0.131 e. The molecule has 0 aliphatic carbocycles. The van der Waals surface area contributed by atoms with Gasteiger partial charge in [-0.2, -0.15) is 0 Å². The summed E-state index contributed by atoms with van der Waals surface area (Å²) in [5.74, 6) is 1.91. The van der Waals surface area contributed by atoms with Crippen molar-refractivity contribution >= 4 is 45.2 Å². The molecule has 2 aromatic carbocycles. The number of alkyl halides is 2. The first-order valence-corrected chi connectivity index (χ1v) is 8.72. The van der Waals surface area contributed by atoms with Crippen molar-refractivity contribution in [1.82, 2.24) is 0 Å². The Hall–Kier alpha value is -0.300. The van der Waals surface area contributed by atoms with Crippen molar-refractivity contribution in [3.8, 4) is 11.5 Å². The predicted molar refractivity (Wildman–Crippen MR) is 97.8 cm³/mol. The molecule has 0 bridgehead atoms. The SMILES string of the molecule is CC(I)c1ccccc1Oc1ccccc1C(C)I. The number of benzene rings is 2. The van der Waals surface area contributed by atoms with Crippen molar-refractivity contribution in [2.45, 2.75) is 21.7 Å². The zero-order chi connectivity index (χ0) is 13.8. The van der Waals surface area contributed by atoms with Crippen molar-refractivity contribution in [1.29, 1.82) is 0 Å². The topological polar surface area (TPSA) is 9.23 Å². The van der Waals surface area contributed by atoms with Crippen LogP contribution in [0.15, 0.2) is 48.5 Å². The molecule has 2 aromatic rings. The predicted octanol–water partition coefficient (Wildman–Crippen LogP) is 6.47. The zero-order valence-electron chi connectivity index (χ0n) is 10.9. The van der Waals surface area contributed by atoms with Crippen LogP contribution in [0, 0.1) is 0 Å². The first kappa shape index (κ1) is 15.1. The zero-order valence-corrected chi connectivity index (χ0v) is 15.3. The van der Waals surface area contributed by atoms with E-state index in [4.69, 9.17) is 4.74 Å². The molecular weight excluding hydrogens is 462 g/mol. The summed E-state index contributed by atoms with van der Waals surface area (Å²) >= 11 is 4.83. The minimum Gasteiger partial charge on any atom is -0.457 e. The van der Waals surface area contributed by atoms with E-state index in [0.29, 0.717) is 7.85 Å². The normalized spacial score (nSPS) is 13.9.